The minimum Gasteiger partial charge on any atom is -0.488 e. The van der Waals surface area contributed by atoms with Crippen LogP contribution in [-0.4, -0.2) is 38.3 Å². The number of piperidine rings is 1. The van der Waals surface area contributed by atoms with Crippen molar-refractivity contribution in [2.45, 2.75) is 38.2 Å². The highest BCUT2D eigenvalue weighted by molar-refractivity contribution is 5.90. The Morgan fingerprint density at radius 2 is 2.00 bits per heavy atom. The van der Waals surface area contributed by atoms with Gasteiger partial charge >= 0.3 is 0 Å². The number of hydrogen-bond donors (Lipinski definition) is 2. The third-order valence-electron chi connectivity index (χ3n) is 4.57. The molecule has 1 aromatic carbocycles. The molecule has 2 N–H and O–H groups in total. The summed E-state index contributed by atoms with van der Waals surface area (Å²) < 4.78 is 11.1. The summed E-state index contributed by atoms with van der Waals surface area (Å²) in [5, 5.41) is 6.32. The minimum absolute atomic E-state index is 0.0985. The van der Waals surface area contributed by atoms with Gasteiger partial charge in [0.15, 0.2) is 0 Å². The molecule has 1 unspecified atom stereocenters. The predicted octanol–water partition coefficient (Wildman–Crippen LogP) is 2.57. The molecule has 2 aliphatic heterocycles. The van der Waals surface area contributed by atoms with Crippen LogP contribution in [0, 0.1) is 5.92 Å². The molecule has 0 radical (unpaired) electrons. The van der Waals surface area contributed by atoms with E-state index in [0.29, 0.717) is 18.9 Å². The Morgan fingerprint density at radius 3 is 2.70 bits per heavy atom. The monoisotopic (exact) mass is 318 g/mol. The minimum atomic E-state index is 0.0985. The highest BCUT2D eigenvalue weighted by atomic mass is 16.5. The van der Waals surface area contributed by atoms with E-state index in [1.807, 2.05) is 24.3 Å². The number of rotatable bonds is 6. The van der Waals surface area contributed by atoms with Gasteiger partial charge in [0, 0.05) is 18.5 Å². The van der Waals surface area contributed by atoms with Gasteiger partial charge in [-0.05, 0) is 62.5 Å². The normalized spacial score (nSPS) is 22.0. The lowest BCUT2D eigenvalue weighted by Crippen LogP contribution is -2.28. The van der Waals surface area contributed by atoms with Gasteiger partial charge in [0.2, 0.25) is 5.91 Å². The van der Waals surface area contributed by atoms with Crippen molar-refractivity contribution in [2.24, 2.45) is 5.92 Å². The van der Waals surface area contributed by atoms with Gasteiger partial charge in [0.1, 0.15) is 11.9 Å². The maximum atomic E-state index is 12.0. The number of anilines is 1. The molecule has 0 aromatic heterocycles. The maximum absolute atomic E-state index is 12.0. The first-order chi connectivity index (χ1) is 11.3. The summed E-state index contributed by atoms with van der Waals surface area (Å²) in [7, 11) is 0. The highest BCUT2D eigenvalue weighted by Crippen LogP contribution is 2.21. The van der Waals surface area contributed by atoms with Crippen LogP contribution in [0.15, 0.2) is 24.3 Å². The number of carbonyl (C=O) groups excluding carboxylic acids is 1. The van der Waals surface area contributed by atoms with Gasteiger partial charge in [0.25, 0.3) is 0 Å². The smallest absolute Gasteiger partial charge is 0.224 e. The molecule has 5 heteroatoms. The second-order valence-corrected chi connectivity index (χ2v) is 6.41. The topological polar surface area (TPSA) is 59.6 Å². The fourth-order valence-corrected chi connectivity index (χ4v) is 3.14. The van der Waals surface area contributed by atoms with Gasteiger partial charge in [-0.25, -0.2) is 0 Å². The molecule has 3 rings (SSSR count). The van der Waals surface area contributed by atoms with E-state index in [4.69, 9.17) is 9.47 Å². The van der Waals surface area contributed by atoms with Crippen LogP contribution in [0.1, 0.15) is 32.1 Å². The van der Waals surface area contributed by atoms with E-state index in [1.165, 1.54) is 12.8 Å². The predicted molar refractivity (Wildman–Crippen MR) is 89.8 cm³/mol. The third kappa shape index (κ3) is 5.22. The molecule has 0 saturated carbocycles. The van der Waals surface area contributed by atoms with Gasteiger partial charge in [-0.1, -0.05) is 0 Å². The SMILES string of the molecule is O=C(CCC1CCNCC1)Nc1ccc(OC2CCOC2)cc1. The zero-order chi connectivity index (χ0) is 15.9. The average Bonchev–Trinajstić information content (AvgIpc) is 3.09. The molecule has 2 heterocycles. The number of amides is 1. The largest absolute Gasteiger partial charge is 0.488 e. The van der Waals surface area contributed by atoms with Crippen molar-refractivity contribution in [2.75, 3.05) is 31.6 Å². The van der Waals surface area contributed by atoms with Gasteiger partial charge in [-0.15, -0.1) is 0 Å². The Labute approximate surface area is 137 Å². The number of nitrogens with one attached hydrogen (secondary N) is 2. The molecule has 0 bridgehead atoms. The van der Waals surface area contributed by atoms with Crippen molar-refractivity contribution < 1.29 is 14.3 Å². The molecule has 1 aromatic rings. The molecule has 1 amide bonds. The average molecular weight is 318 g/mol. The maximum Gasteiger partial charge on any atom is 0.224 e. The summed E-state index contributed by atoms with van der Waals surface area (Å²) in [6.07, 6.45) is 5.04. The summed E-state index contributed by atoms with van der Waals surface area (Å²) in [5.74, 6) is 1.61. The molecule has 126 valence electrons. The molecule has 0 spiro atoms. The molecule has 0 aliphatic carbocycles. The van der Waals surface area contributed by atoms with Crippen LogP contribution in [0.25, 0.3) is 0 Å². The van der Waals surface area contributed by atoms with Crippen molar-refractivity contribution >= 4 is 11.6 Å². The Hall–Kier alpha value is -1.59. The van der Waals surface area contributed by atoms with Crippen LogP contribution in [0.4, 0.5) is 5.69 Å². The molecular weight excluding hydrogens is 292 g/mol. The van der Waals surface area contributed by atoms with Gasteiger partial charge in [-0.3, -0.25) is 4.79 Å². The summed E-state index contributed by atoms with van der Waals surface area (Å²) in [6.45, 7) is 3.60. The molecule has 5 nitrogen and oxygen atoms in total. The van der Waals surface area contributed by atoms with Crippen molar-refractivity contribution in [1.82, 2.24) is 5.32 Å². The molecule has 2 saturated heterocycles. The van der Waals surface area contributed by atoms with E-state index in [-0.39, 0.29) is 12.0 Å². The summed E-state index contributed by atoms with van der Waals surface area (Å²) >= 11 is 0. The molecule has 2 aliphatic rings. The van der Waals surface area contributed by atoms with Gasteiger partial charge in [-0.2, -0.15) is 0 Å². The van der Waals surface area contributed by atoms with E-state index in [0.717, 1.165) is 44.0 Å². The van der Waals surface area contributed by atoms with Crippen molar-refractivity contribution in [3.63, 3.8) is 0 Å². The van der Waals surface area contributed by atoms with Crippen molar-refractivity contribution in [3.05, 3.63) is 24.3 Å². The standard InChI is InChI=1S/C18H26N2O3/c21-18(6-1-14-7-10-19-11-8-14)20-15-2-4-16(5-3-15)23-17-9-12-22-13-17/h2-5,14,17,19H,1,6-13H2,(H,20,21). The molecule has 2 fully saturated rings. The molecule has 23 heavy (non-hydrogen) atoms. The molecule has 1 atom stereocenters. The Kier molecular flexibility index (Phi) is 5.88. The zero-order valence-corrected chi connectivity index (χ0v) is 13.6. The van der Waals surface area contributed by atoms with Crippen LogP contribution in [0.2, 0.25) is 0 Å². The van der Waals surface area contributed by atoms with Crippen LogP contribution in [-0.2, 0) is 9.53 Å². The zero-order valence-electron chi connectivity index (χ0n) is 13.6. The lowest BCUT2D eigenvalue weighted by atomic mass is 9.93. The number of benzene rings is 1. The summed E-state index contributed by atoms with van der Waals surface area (Å²) in [6, 6.07) is 7.60. The Morgan fingerprint density at radius 1 is 1.22 bits per heavy atom. The van der Waals surface area contributed by atoms with Crippen molar-refractivity contribution in [1.29, 1.82) is 0 Å². The highest BCUT2D eigenvalue weighted by Gasteiger charge is 2.17. The Balaban J connectivity index is 1.40. The molecular formula is C18H26N2O3. The van der Waals surface area contributed by atoms with Gasteiger partial charge in [0.05, 0.1) is 13.2 Å². The van der Waals surface area contributed by atoms with Crippen LogP contribution in [0.3, 0.4) is 0 Å². The van der Waals surface area contributed by atoms with E-state index >= 15 is 0 Å². The number of hydrogen-bond acceptors (Lipinski definition) is 4. The van der Waals surface area contributed by atoms with E-state index in [1.54, 1.807) is 0 Å². The Bertz CT molecular complexity index is 491. The quantitative estimate of drug-likeness (QED) is 0.846. The first-order valence-electron chi connectivity index (χ1n) is 8.64. The fourth-order valence-electron chi connectivity index (χ4n) is 3.14. The lowest BCUT2D eigenvalue weighted by molar-refractivity contribution is -0.116. The van der Waals surface area contributed by atoms with E-state index in [9.17, 15) is 4.79 Å². The number of carbonyl (C=O) groups is 1. The fraction of sp³-hybridized carbons (Fsp3) is 0.611. The van der Waals surface area contributed by atoms with Crippen LogP contribution < -0.4 is 15.4 Å². The summed E-state index contributed by atoms with van der Waals surface area (Å²) in [5.41, 5.74) is 0.829. The van der Waals surface area contributed by atoms with E-state index < -0.39 is 0 Å². The van der Waals surface area contributed by atoms with Gasteiger partial charge < -0.3 is 20.1 Å². The number of ether oxygens (including phenoxy) is 2. The second kappa shape index (κ2) is 8.31. The van der Waals surface area contributed by atoms with Crippen LogP contribution >= 0.6 is 0 Å². The third-order valence-corrected chi connectivity index (χ3v) is 4.57. The summed E-state index contributed by atoms with van der Waals surface area (Å²) in [4.78, 5) is 12.0. The first kappa shape index (κ1) is 16.3. The van der Waals surface area contributed by atoms with Crippen LogP contribution in [0.5, 0.6) is 5.75 Å². The lowest BCUT2D eigenvalue weighted by Gasteiger charge is -2.22. The second-order valence-electron chi connectivity index (χ2n) is 6.41. The first-order valence-corrected chi connectivity index (χ1v) is 8.64. The van der Waals surface area contributed by atoms with E-state index in [2.05, 4.69) is 10.6 Å². The van der Waals surface area contributed by atoms with Crippen molar-refractivity contribution in [3.8, 4) is 5.75 Å².